The second kappa shape index (κ2) is 8.68. The molecule has 1 saturated carbocycles. The molecule has 0 spiro atoms. The number of benzene rings is 1. The minimum absolute atomic E-state index is 0.158. The summed E-state index contributed by atoms with van der Waals surface area (Å²) < 4.78 is 11.3. The van der Waals surface area contributed by atoms with E-state index in [4.69, 9.17) is 9.47 Å². The van der Waals surface area contributed by atoms with E-state index in [-0.39, 0.29) is 12.0 Å². The van der Waals surface area contributed by atoms with Crippen LogP contribution in [0.4, 0.5) is 5.82 Å². The minimum Gasteiger partial charge on any atom is -0.493 e. The number of methoxy groups -OCH3 is 1. The van der Waals surface area contributed by atoms with Gasteiger partial charge < -0.3 is 19.3 Å². The highest BCUT2D eigenvalue weighted by molar-refractivity contribution is 5.79. The molecule has 0 N–H and O–H groups in total. The number of hydrogen-bond donors (Lipinski definition) is 0. The number of carbonyl (C=O) groups excluding carboxylic acids is 1. The fraction of sp³-hybridized carbons (Fsp3) is 0.500. The second-order valence-electron chi connectivity index (χ2n) is 7.78. The van der Waals surface area contributed by atoms with Crippen molar-refractivity contribution in [2.45, 2.75) is 38.6 Å². The molecule has 7 heteroatoms. The molecule has 2 aromatic rings. The Morgan fingerprint density at radius 1 is 1.10 bits per heavy atom. The van der Waals surface area contributed by atoms with Crippen molar-refractivity contribution in [3.63, 3.8) is 0 Å². The van der Waals surface area contributed by atoms with Crippen LogP contribution in [-0.4, -0.2) is 53.6 Å². The number of hydrogen-bond acceptors (Lipinski definition) is 6. The number of amides is 1. The maximum Gasteiger partial charge on any atom is 0.226 e. The highest BCUT2D eigenvalue weighted by Crippen LogP contribution is 2.32. The van der Waals surface area contributed by atoms with Crippen LogP contribution in [-0.2, 0) is 4.79 Å². The predicted molar refractivity (Wildman–Crippen MR) is 110 cm³/mol. The number of carbonyl (C=O) groups is 1. The number of piperazine rings is 1. The maximum absolute atomic E-state index is 12.8. The van der Waals surface area contributed by atoms with Gasteiger partial charge in [-0.3, -0.25) is 4.79 Å². The molecule has 2 heterocycles. The van der Waals surface area contributed by atoms with Crippen LogP contribution in [0.2, 0.25) is 0 Å². The lowest BCUT2D eigenvalue weighted by atomic mass is 10.0. The third kappa shape index (κ3) is 4.28. The van der Waals surface area contributed by atoms with Crippen LogP contribution in [0.15, 0.2) is 36.7 Å². The standard InChI is InChI=1S/C22H28N4O3/c1-16-14-25(11-12-26(16)22(27)17-7-3-4-8-17)20-13-21(24-15-23-20)29-19-10-6-5-9-18(19)28-2/h5-6,9-10,13,15-17H,3-4,7-8,11-12,14H2,1-2H3. The predicted octanol–water partition coefficient (Wildman–Crippen LogP) is 3.50. The monoisotopic (exact) mass is 396 g/mol. The molecule has 1 aromatic heterocycles. The third-order valence-corrected chi connectivity index (χ3v) is 5.85. The SMILES string of the molecule is COc1ccccc1Oc1cc(N2CCN(C(=O)C3CCCC3)C(C)C2)ncn1. The van der Waals surface area contributed by atoms with Crippen LogP contribution in [0.1, 0.15) is 32.6 Å². The molecular formula is C22H28N4O3. The molecule has 1 aliphatic heterocycles. The first-order chi connectivity index (χ1) is 14.2. The third-order valence-electron chi connectivity index (χ3n) is 5.85. The van der Waals surface area contributed by atoms with Gasteiger partial charge in [0.25, 0.3) is 0 Å². The van der Waals surface area contributed by atoms with Gasteiger partial charge in [0.1, 0.15) is 12.1 Å². The van der Waals surface area contributed by atoms with Crippen molar-refractivity contribution in [2.24, 2.45) is 5.92 Å². The van der Waals surface area contributed by atoms with Gasteiger partial charge in [-0.05, 0) is 31.9 Å². The largest absolute Gasteiger partial charge is 0.493 e. The Bertz CT molecular complexity index is 853. The topological polar surface area (TPSA) is 67.8 Å². The van der Waals surface area contributed by atoms with E-state index >= 15 is 0 Å². The lowest BCUT2D eigenvalue weighted by Gasteiger charge is -2.41. The van der Waals surface area contributed by atoms with Crippen molar-refractivity contribution in [1.82, 2.24) is 14.9 Å². The maximum atomic E-state index is 12.8. The number of ether oxygens (including phenoxy) is 2. The summed E-state index contributed by atoms with van der Waals surface area (Å²) in [5.41, 5.74) is 0. The number of nitrogens with zero attached hydrogens (tertiary/aromatic N) is 4. The van der Waals surface area contributed by atoms with Crippen molar-refractivity contribution in [3.8, 4) is 17.4 Å². The molecule has 4 rings (SSSR count). The van der Waals surface area contributed by atoms with E-state index in [0.717, 1.165) is 38.3 Å². The molecule has 154 valence electrons. The summed E-state index contributed by atoms with van der Waals surface area (Å²) in [6, 6.07) is 9.47. The van der Waals surface area contributed by atoms with Gasteiger partial charge in [0.15, 0.2) is 11.5 Å². The zero-order valence-corrected chi connectivity index (χ0v) is 17.1. The Morgan fingerprint density at radius 2 is 1.86 bits per heavy atom. The first kappa shape index (κ1) is 19.5. The lowest BCUT2D eigenvalue weighted by molar-refractivity contribution is -0.137. The molecule has 2 aliphatic rings. The molecule has 0 bridgehead atoms. The molecule has 2 fully saturated rings. The Kier molecular flexibility index (Phi) is 5.83. The van der Waals surface area contributed by atoms with Crippen LogP contribution < -0.4 is 14.4 Å². The molecule has 1 unspecified atom stereocenters. The van der Waals surface area contributed by atoms with Gasteiger partial charge in [0.05, 0.1) is 7.11 Å². The van der Waals surface area contributed by atoms with Crippen molar-refractivity contribution >= 4 is 11.7 Å². The van der Waals surface area contributed by atoms with E-state index in [1.807, 2.05) is 30.3 Å². The fourth-order valence-corrected chi connectivity index (χ4v) is 4.27. The molecule has 1 saturated heterocycles. The van der Waals surface area contributed by atoms with E-state index in [9.17, 15) is 4.79 Å². The first-order valence-electron chi connectivity index (χ1n) is 10.3. The van der Waals surface area contributed by atoms with E-state index in [1.54, 1.807) is 7.11 Å². The highest BCUT2D eigenvalue weighted by atomic mass is 16.5. The molecular weight excluding hydrogens is 368 g/mol. The van der Waals surface area contributed by atoms with Gasteiger partial charge in [-0.15, -0.1) is 0 Å². The lowest BCUT2D eigenvalue weighted by Crippen LogP contribution is -2.55. The van der Waals surface area contributed by atoms with Gasteiger partial charge in [0, 0.05) is 37.7 Å². The summed E-state index contributed by atoms with van der Waals surface area (Å²) in [6.45, 7) is 4.35. The zero-order chi connectivity index (χ0) is 20.2. The summed E-state index contributed by atoms with van der Waals surface area (Å²) in [7, 11) is 1.61. The van der Waals surface area contributed by atoms with Gasteiger partial charge in [-0.2, -0.15) is 0 Å². The Labute approximate surface area is 171 Å². The number of anilines is 1. The van der Waals surface area contributed by atoms with Gasteiger partial charge >= 0.3 is 0 Å². The smallest absolute Gasteiger partial charge is 0.226 e. The zero-order valence-electron chi connectivity index (χ0n) is 17.1. The van der Waals surface area contributed by atoms with E-state index in [1.165, 1.54) is 19.2 Å². The molecule has 1 aliphatic carbocycles. The molecule has 29 heavy (non-hydrogen) atoms. The fourth-order valence-electron chi connectivity index (χ4n) is 4.27. The Hall–Kier alpha value is -2.83. The van der Waals surface area contributed by atoms with E-state index in [2.05, 4.69) is 26.7 Å². The summed E-state index contributed by atoms with van der Waals surface area (Å²) >= 11 is 0. The molecule has 1 atom stereocenters. The molecule has 0 radical (unpaired) electrons. The van der Waals surface area contributed by atoms with Gasteiger partial charge in [-0.25, -0.2) is 9.97 Å². The second-order valence-corrected chi connectivity index (χ2v) is 7.78. The summed E-state index contributed by atoms with van der Waals surface area (Å²) in [6.07, 6.45) is 5.96. The Balaban J connectivity index is 1.43. The van der Waals surface area contributed by atoms with Crippen molar-refractivity contribution < 1.29 is 14.3 Å². The number of rotatable bonds is 5. The minimum atomic E-state index is 0.158. The quantitative estimate of drug-likeness (QED) is 0.771. The van der Waals surface area contributed by atoms with Crippen LogP contribution >= 0.6 is 0 Å². The average Bonchev–Trinajstić information content (AvgIpc) is 3.29. The number of aromatic nitrogens is 2. The van der Waals surface area contributed by atoms with Gasteiger partial charge in [0.2, 0.25) is 11.8 Å². The normalized spacial score (nSPS) is 20.0. The van der Waals surface area contributed by atoms with Gasteiger partial charge in [-0.1, -0.05) is 25.0 Å². The molecule has 7 nitrogen and oxygen atoms in total. The van der Waals surface area contributed by atoms with Crippen molar-refractivity contribution in [2.75, 3.05) is 31.6 Å². The van der Waals surface area contributed by atoms with Crippen LogP contribution in [0.5, 0.6) is 17.4 Å². The van der Waals surface area contributed by atoms with Crippen molar-refractivity contribution in [3.05, 3.63) is 36.7 Å². The average molecular weight is 396 g/mol. The molecule has 1 aromatic carbocycles. The van der Waals surface area contributed by atoms with E-state index in [0.29, 0.717) is 23.3 Å². The molecule has 1 amide bonds. The summed E-state index contributed by atoms with van der Waals surface area (Å²) in [5.74, 6) is 3.10. The van der Waals surface area contributed by atoms with Crippen LogP contribution in [0.25, 0.3) is 0 Å². The van der Waals surface area contributed by atoms with E-state index < -0.39 is 0 Å². The highest BCUT2D eigenvalue weighted by Gasteiger charge is 2.33. The number of para-hydroxylation sites is 2. The van der Waals surface area contributed by atoms with Crippen LogP contribution in [0.3, 0.4) is 0 Å². The van der Waals surface area contributed by atoms with Crippen molar-refractivity contribution in [1.29, 1.82) is 0 Å². The Morgan fingerprint density at radius 3 is 2.59 bits per heavy atom. The van der Waals surface area contributed by atoms with Crippen LogP contribution in [0, 0.1) is 5.92 Å². The first-order valence-corrected chi connectivity index (χ1v) is 10.3. The summed E-state index contributed by atoms with van der Waals surface area (Å²) in [4.78, 5) is 25.7. The summed E-state index contributed by atoms with van der Waals surface area (Å²) in [5, 5.41) is 0.